The summed E-state index contributed by atoms with van der Waals surface area (Å²) >= 11 is 0. The molecule has 2 heteroatoms. The summed E-state index contributed by atoms with van der Waals surface area (Å²) in [6.45, 7) is 2.33. The van der Waals surface area contributed by atoms with Crippen molar-refractivity contribution in [2.45, 2.75) is 38.3 Å². The lowest BCUT2D eigenvalue weighted by molar-refractivity contribution is 0.0942. The summed E-state index contributed by atoms with van der Waals surface area (Å²) in [6, 6.07) is 18.7. The predicted octanol–water partition coefficient (Wildman–Crippen LogP) is 4.55. The Morgan fingerprint density at radius 2 is 1.79 bits per heavy atom. The number of fused-ring (bicyclic) bond motifs is 3. The van der Waals surface area contributed by atoms with E-state index in [2.05, 4.69) is 64.6 Å². The molecule has 2 nitrogen and oxygen atoms in total. The molecule has 2 bridgehead atoms. The lowest BCUT2D eigenvalue weighted by Crippen LogP contribution is -2.46. The minimum absolute atomic E-state index is 0.692. The van der Waals surface area contributed by atoms with Crippen LogP contribution in [0.15, 0.2) is 54.7 Å². The van der Waals surface area contributed by atoms with E-state index in [0.29, 0.717) is 6.04 Å². The Morgan fingerprint density at radius 1 is 0.917 bits per heavy atom. The molecule has 2 atom stereocenters. The van der Waals surface area contributed by atoms with Crippen LogP contribution in [0.1, 0.15) is 29.5 Å². The molecule has 3 aliphatic rings. The van der Waals surface area contributed by atoms with Crippen LogP contribution in [0.5, 0.6) is 0 Å². The Morgan fingerprint density at radius 3 is 2.71 bits per heavy atom. The quantitative estimate of drug-likeness (QED) is 0.735. The van der Waals surface area contributed by atoms with Crippen LogP contribution in [-0.4, -0.2) is 22.5 Å². The first kappa shape index (κ1) is 14.3. The van der Waals surface area contributed by atoms with Crippen LogP contribution in [0.2, 0.25) is 0 Å². The van der Waals surface area contributed by atoms with Gasteiger partial charge in [0, 0.05) is 36.2 Å². The highest BCUT2D eigenvalue weighted by molar-refractivity contribution is 5.82. The number of aromatic nitrogens is 1. The first-order chi connectivity index (χ1) is 11.9. The number of nitrogens with one attached hydrogen (secondary N) is 1. The minimum Gasteiger partial charge on any atom is -0.361 e. The lowest BCUT2D eigenvalue weighted by Gasteiger charge is -2.42. The fourth-order valence-corrected chi connectivity index (χ4v) is 4.80. The summed E-state index contributed by atoms with van der Waals surface area (Å²) in [4.78, 5) is 6.10. The van der Waals surface area contributed by atoms with E-state index in [1.807, 2.05) is 0 Å². The standard InChI is InChI=1S/C22H24N2/c1-2-5-18-13-20-9-8-16(12-17(18)4-1)14-24(20)15-19-6-3-7-22-21(19)10-11-23-22/h1-7,10-11,16,20,23H,8-9,12-15H2/t16-,20+/m1/s1. The largest absolute Gasteiger partial charge is 0.361 e. The van der Waals surface area contributed by atoms with E-state index in [-0.39, 0.29) is 0 Å². The first-order valence-corrected chi connectivity index (χ1v) is 9.22. The van der Waals surface area contributed by atoms with Gasteiger partial charge >= 0.3 is 0 Å². The fraction of sp³-hybridized carbons (Fsp3) is 0.364. The van der Waals surface area contributed by atoms with E-state index in [1.54, 1.807) is 11.1 Å². The van der Waals surface area contributed by atoms with Gasteiger partial charge in [0.1, 0.15) is 0 Å². The molecular formula is C22H24N2. The summed E-state index contributed by atoms with van der Waals surface area (Å²) in [5.41, 5.74) is 5.90. The number of benzene rings is 2. The molecule has 1 aromatic heterocycles. The maximum atomic E-state index is 3.35. The van der Waals surface area contributed by atoms with Crippen LogP contribution in [0.25, 0.3) is 10.9 Å². The number of piperidine rings is 1. The molecule has 6 rings (SSSR count). The highest BCUT2D eigenvalue weighted by atomic mass is 15.2. The van der Waals surface area contributed by atoms with E-state index >= 15 is 0 Å². The molecule has 1 saturated heterocycles. The first-order valence-electron chi connectivity index (χ1n) is 9.22. The maximum absolute atomic E-state index is 3.35. The number of nitrogens with zero attached hydrogens (tertiary/aromatic N) is 1. The molecule has 24 heavy (non-hydrogen) atoms. The van der Waals surface area contributed by atoms with Crippen molar-refractivity contribution >= 4 is 10.9 Å². The van der Waals surface area contributed by atoms with Crippen molar-refractivity contribution in [2.24, 2.45) is 5.92 Å². The van der Waals surface area contributed by atoms with Crippen molar-refractivity contribution in [3.05, 3.63) is 71.4 Å². The molecule has 3 heterocycles. The predicted molar refractivity (Wildman–Crippen MR) is 99.1 cm³/mol. The van der Waals surface area contributed by atoms with Crippen molar-refractivity contribution in [1.29, 1.82) is 0 Å². The molecule has 122 valence electrons. The Kier molecular flexibility index (Phi) is 3.45. The van der Waals surface area contributed by atoms with E-state index in [9.17, 15) is 0 Å². The third kappa shape index (κ3) is 2.46. The SMILES string of the molecule is c1ccc2c(c1)C[C@H]1CC[C@@H](C2)N(Cc2cccc3[nH]ccc23)C1. The van der Waals surface area contributed by atoms with Gasteiger partial charge in [0.25, 0.3) is 0 Å². The number of H-pyrrole nitrogens is 1. The monoisotopic (exact) mass is 316 g/mol. The van der Waals surface area contributed by atoms with Gasteiger partial charge in [0.05, 0.1) is 0 Å². The average molecular weight is 316 g/mol. The van der Waals surface area contributed by atoms with E-state index in [1.165, 1.54) is 48.7 Å². The Labute approximate surface area is 143 Å². The average Bonchev–Trinajstić information content (AvgIpc) is 3.05. The molecule has 1 N–H and O–H groups in total. The van der Waals surface area contributed by atoms with Crippen LogP contribution in [0.4, 0.5) is 0 Å². The normalized spacial score (nSPS) is 23.8. The molecule has 1 fully saturated rings. The summed E-state index contributed by atoms with van der Waals surface area (Å²) in [7, 11) is 0. The molecule has 0 amide bonds. The Balaban J connectivity index is 1.46. The van der Waals surface area contributed by atoms with Gasteiger partial charge in [0.2, 0.25) is 0 Å². The summed E-state index contributed by atoms with van der Waals surface area (Å²) in [6.07, 6.45) is 7.27. The van der Waals surface area contributed by atoms with Crippen molar-refractivity contribution in [3.8, 4) is 0 Å². The molecular weight excluding hydrogens is 292 g/mol. The van der Waals surface area contributed by atoms with Gasteiger partial charge in [0.15, 0.2) is 0 Å². The van der Waals surface area contributed by atoms with Gasteiger partial charge in [-0.15, -0.1) is 0 Å². The topological polar surface area (TPSA) is 19.0 Å². The van der Waals surface area contributed by atoms with Gasteiger partial charge in [-0.3, -0.25) is 4.90 Å². The maximum Gasteiger partial charge on any atom is 0.0457 e. The molecule has 0 unspecified atom stereocenters. The van der Waals surface area contributed by atoms with Crippen molar-refractivity contribution in [3.63, 3.8) is 0 Å². The van der Waals surface area contributed by atoms with Crippen LogP contribution in [0, 0.1) is 5.92 Å². The molecule has 0 radical (unpaired) electrons. The molecule has 0 saturated carbocycles. The Bertz CT molecular complexity index is 863. The highest BCUT2D eigenvalue weighted by Gasteiger charge is 2.31. The second-order valence-electron chi connectivity index (χ2n) is 7.56. The third-order valence-corrected chi connectivity index (χ3v) is 6.06. The number of aromatic amines is 1. The Hall–Kier alpha value is -2.06. The summed E-state index contributed by atoms with van der Waals surface area (Å²) in [5, 5.41) is 1.39. The fourth-order valence-electron chi connectivity index (χ4n) is 4.80. The van der Waals surface area contributed by atoms with Crippen LogP contribution >= 0.6 is 0 Å². The summed E-state index contributed by atoms with van der Waals surface area (Å²) in [5.74, 6) is 0.813. The van der Waals surface area contributed by atoms with E-state index in [4.69, 9.17) is 0 Å². The van der Waals surface area contributed by atoms with Crippen LogP contribution < -0.4 is 0 Å². The minimum atomic E-state index is 0.692. The van der Waals surface area contributed by atoms with Gasteiger partial charge in [-0.2, -0.15) is 0 Å². The molecule has 0 spiro atoms. The van der Waals surface area contributed by atoms with Gasteiger partial charge in [-0.25, -0.2) is 0 Å². The van der Waals surface area contributed by atoms with Crippen LogP contribution in [0.3, 0.4) is 0 Å². The zero-order valence-corrected chi connectivity index (χ0v) is 14.0. The lowest BCUT2D eigenvalue weighted by atomic mass is 9.80. The number of hydrogen-bond donors (Lipinski definition) is 1. The van der Waals surface area contributed by atoms with Crippen molar-refractivity contribution in [1.82, 2.24) is 9.88 Å². The second-order valence-corrected chi connectivity index (χ2v) is 7.56. The zero-order chi connectivity index (χ0) is 15.9. The van der Waals surface area contributed by atoms with Gasteiger partial charge in [-0.05, 0) is 60.4 Å². The molecule has 2 aliphatic heterocycles. The number of hydrogen-bond acceptors (Lipinski definition) is 1. The second kappa shape index (κ2) is 5.78. The van der Waals surface area contributed by atoms with Gasteiger partial charge in [-0.1, -0.05) is 36.4 Å². The van der Waals surface area contributed by atoms with Crippen molar-refractivity contribution in [2.75, 3.05) is 6.54 Å². The zero-order valence-electron chi connectivity index (χ0n) is 14.0. The highest BCUT2D eigenvalue weighted by Crippen LogP contribution is 2.33. The molecule has 3 aromatic rings. The molecule has 2 aromatic carbocycles. The van der Waals surface area contributed by atoms with E-state index < -0.39 is 0 Å². The molecule has 1 aliphatic carbocycles. The van der Waals surface area contributed by atoms with Crippen molar-refractivity contribution < 1.29 is 0 Å². The third-order valence-electron chi connectivity index (χ3n) is 6.06. The number of rotatable bonds is 2. The summed E-state index contributed by atoms with van der Waals surface area (Å²) < 4.78 is 0. The van der Waals surface area contributed by atoms with Crippen LogP contribution in [-0.2, 0) is 19.4 Å². The smallest absolute Gasteiger partial charge is 0.0457 e. The van der Waals surface area contributed by atoms with Gasteiger partial charge < -0.3 is 4.98 Å². The van der Waals surface area contributed by atoms with E-state index in [0.717, 1.165) is 12.5 Å².